The minimum Gasteiger partial charge on any atom is -0.456 e. The average Bonchev–Trinajstić information content (AvgIpc) is 2.47. The Balaban J connectivity index is 2.03. The maximum absolute atomic E-state index is 12.0. The van der Waals surface area contributed by atoms with Gasteiger partial charge in [-0.3, -0.25) is 4.79 Å². The van der Waals surface area contributed by atoms with Crippen molar-refractivity contribution in [2.75, 3.05) is 0 Å². The second-order valence-corrected chi connectivity index (χ2v) is 4.83. The van der Waals surface area contributed by atoms with Crippen LogP contribution in [0.5, 0.6) is 0 Å². The molecule has 0 aliphatic rings. The fourth-order valence-electron chi connectivity index (χ4n) is 1.97. The van der Waals surface area contributed by atoms with Crippen molar-refractivity contribution in [2.45, 2.75) is 0 Å². The molecule has 0 unspecified atom stereocenters. The van der Waals surface area contributed by atoms with Crippen LogP contribution in [-0.2, 0) is 0 Å². The highest BCUT2D eigenvalue weighted by Gasteiger charge is 2.03. The Bertz CT molecular complexity index is 832. The van der Waals surface area contributed by atoms with Crippen molar-refractivity contribution in [3.63, 3.8) is 0 Å². The van der Waals surface area contributed by atoms with Gasteiger partial charge in [0.1, 0.15) is 11.3 Å². The Morgan fingerprint density at radius 2 is 1.75 bits per heavy atom. The van der Waals surface area contributed by atoms with Crippen LogP contribution in [0.1, 0.15) is 11.3 Å². The Hall–Kier alpha value is -2.32. The third-order valence-corrected chi connectivity index (χ3v) is 3.18. The molecule has 0 bridgehead atoms. The standard InChI is InChI=1S/C17H11ClO2/c18-13-7-9-17-15(10-13)16(19)11-14(20-17)8-6-12-4-2-1-3-5-12/h1-11H. The lowest BCUT2D eigenvalue weighted by Gasteiger charge is -1.99. The molecule has 0 saturated heterocycles. The molecule has 0 aliphatic heterocycles. The van der Waals surface area contributed by atoms with Gasteiger partial charge in [0.05, 0.1) is 5.39 Å². The molecule has 0 N–H and O–H groups in total. The normalized spacial score (nSPS) is 11.2. The summed E-state index contributed by atoms with van der Waals surface area (Å²) in [5.74, 6) is 0.522. The lowest BCUT2D eigenvalue weighted by molar-refractivity contribution is 0.591. The Morgan fingerprint density at radius 1 is 0.950 bits per heavy atom. The SMILES string of the molecule is O=c1cc(C=Cc2ccccc2)oc2ccc(Cl)cc12. The van der Waals surface area contributed by atoms with E-state index in [9.17, 15) is 4.79 Å². The van der Waals surface area contributed by atoms with Crippen molar-refractivity contribution in [3.8, 4) is 0 Å². The molecule has 2 nitrogen and oxygen atoms in total. The summed E-state index contributed by atoms with van der Waals surface area (Å²) < 4.78 is 5.67. The second-order valence-electron chi connectivity index (χ2n) is 4.40. The maximum atomic E-state index is 12.0. The molecular formula is C17H11ClO2. The molecule has 0 saturated carbocycles. The summed E-state index contributed by atoms with van der Waals surface area (Å²) in [6.45, 7) is 0. The zero-order valence-electron chi connectivity index (χ0n) is 10.5. The fourth-order valence-corrected chi connectivity index (χ4v) is 2.14. The van der Waals surface area contributed by atoms with E-state index >= 15 is 0 Å². The van der Waals surface area contributed by atoms with Crippen LogP contribution in [-0.4, -0.2) is 0 Å². The fraction of sp³-hybridized carbons (Fsp3) is 0. The predicted octanol–water partition coefficient (Wildman–Crippen LogP) is 4.62. The van der Waals surface area contributed by atoms with Gasteiger partial charge in [-0.2, -0.15) is 0 Å². The van der Waals surface area contributed by atoms with Crippen LogP contribution < -0.4 is 5.43 Å². The lowest BCUT2D eigenvalue weighted by Crippen LogP contribution is -1.99. The van der Waals surface area contributed by atoms with Crippen molar-refractivity contribution < 1.29 is 4.42 Å². The van der Waals surface area contributed by atoms with Gasteiger partial charge in [-0.05, 0) is 29.8 Å². The van der Waals surface area contributed by atoms with E-state index < -0.39 is 0 Å². The molecule has 3 aromatic rings. The first-order valence-electron chi connectivity index (χ1n) is 6.19. The van der Waals surface area contributed by atoms with Crippen molar-refractivity contribution in [1.82, 2.24) is 0 Å². The number of hydrogen-bond acceptors (Lipinski definition) is 2. The summed E-state index contributed by atoms with van der Waals surface area (Å²) >= 11 is 5.88. The number of rotatable bonds is 2. The van der Waals surface area contributed by atoms with Crippen LogP contribution >= 0.6 is 11.6 Å². The van der Waals surface area contributed by atoms with E-state index in [1.807, 2.05) is 36.4 Å². The topological polar surface area (TPSA) is 30.2 Å². The van der Waals surface area contributed by atoms with E-state index in [0.717, 1.165) is 5.56 Å². The monoisotopic (exact) mass is 282 g/mol. The maximum Gasteiger partial charge on any atom is 0.193 e. The van der Waals surface area contributed by atoms with E-state index in [2.05, 4.69) is 0 Å². The molecule has 2 aromatic carbocycles. The molecule has 0 aliphatic carbocycles. The number of halogens is 1. The highest BCUT2D eigenvalue weighted by Crippen LogP contribution is 2.18. The Labute approximate surface area is 120 Å². The van der Waals surface area contributed by atoms with Crippen molar-refractivity contribution >= 4 is 34.7 Å². The first-order valence-corrected chi connectivity index (χ1v) is 6.57. The summed E-state index contributed by atoms with van der Waals surface area (Å²) in [4.78, 5) is 12.0. The lowest BCUT2D eigenvalue weighted by atomic mass is 10.2. The zero-order valence-corrected chi connectivity index (χ0v) is 11.3. The van der Waals surface area contributed by atoms with Crippen LogP contribution in [0.4, 0.5) is 0 Å². The molecule has 3 heteroatoms. The minimum atomic E-state index is -0.0959. The van der Waals surface area contributed by atoms with Gasteiger partial charge in [0.2, 0.25) is 0 Å². The van der Waals surface area contributed by atoms with Gasteiger partial charge in [0.25, 0.3) is 0 Å². The summed E-state index contributed by atoms with van der Waals surface area (Å²) in [5, 5.41) is 1.02. The first kappa shape index (κ1) is 12.7. The van der Waals surface area contributed by atoms with Gasteiger partial charge in [-0.1, -0.05) is 48.0 Å². The molecule has 98 valence electrons. The van der Waals surface area contributed by atoms with Crippen LogP contribution in [0.3, 0.4) is 0 Å². The van der Waals surface area contributed by atoms with Gasteiger partial charge in [-0.25, -0.2) is 0 Å². The third-order valence-electron chi connectivity index (χ3n) is 2.95. The van der Waals surface area contributed by atoms with E-state index in [0.29, 0.717) is 21.8 Å². The van der Waals surface area contributed by atoms with Gasteiger partial charge < -0.3 is 4.42 Å². The molecule has 3 rings (SSSR count). The smallest absolute Gasteiger partial charge is 0.193 e. The number of benzene rings is 2. The molecule has 1 heterocycles. The molecule has 0 spiro atoms. The van der Waals surface area contributed by atoms with E-state index in [-0.39, 0.29) is 5.43 Å². The summed E-state index contributed by atoms with van der Waals surface area (Å²) in [7, 11) is 0. The number of hydrogen-bond donors (Lipinski definition) is 0. The zero-order chi connectivity index (χ0) is 13.9. The summed E-state index contributed by atoms with van der Waals surface area (Å²) in [6.07, 6.45) is 3.69. The van der Waals surface area contributed by atoms with Gasteiger partial charge in [0, 0.05) is 11.1 Å². The quantitative estimate of drug-likeness (QED) is 0.687. The minimum absolute atomic E-state index is 0.0959. The van der Waals surface area contributed by atoms with E-state index in [4.69, 9.17) is 16.0 Å². The summed E-state index contributed by atoms with van der Waals surface area (Å²) in [6, 6.07) is 16.3. The van der Waals surface area contributed by atoms with Crippen molar-refractivity contribution in [3.05, 3.63) is 81.2 Å². The predicted molar refractivity (Wildman–Crippen MR) is 82.9 cm³/mol. The van der Waals surface area contributed by atoms with E-state index in [1.54, 1.807) is 24.3 Å². The molecule has 0 atom stereocenters. The first-order chi connectivity index (χ1) is 9.72. The van der Waals surface area contributed by atoms with E-state index in [1.165, 1.54) is 6.07 Å². The van der Waals surface area contributed by atoms with Crippen molar-refractivity contribution in [1.29, 1.82) is 0 Å². The Morgan fingerprint density at radius 3 is 2.55 bits per heavy atom. The molecule has 0 radical (unpaired) electrons. The van der Waals surface area contributed by atoms with Gasteiger partial charge in [-0.15, -0.1) is 0 Å². The third kappa shape index (κ3) is 2.65. The van der Waals surface area contributed by atoms with Crippen molar-refractivity contribution in [2.24, 2.45) is 0 Å². The van der Waals surface area contributed by atoms with Crippen LogP contribution in [0.2, 0.25) is 5.02 Å². The van der Waals surface area contributed by atoms with Crippen LogP contribution in [0, 0.1) is 0 Å². The number of fused-ring (bicyclic) bond motifs is 1. The van der Waals surface area contributed by atoms with Crippen LogP contribution in [0.25, 0.3) is 23.1 Å². The molecule has 1 aromatic heterocycles. The molecule has 20 heavy (non-hydrogen) atoms. The Kier molecular flexibility index (Phi) is 3.40. The largest absolute Gasteiger partial charge is 0.456 e. The van der Waals surface area contributed by atoms with Gasteiger partial charge in [0.15, 0.2) is 5.43 Å². The molecular weight excluding hydrogens is 272 g/mol. The summed E-state index contributed by atoms with van der Waals surface area (Å²) in [5.41, 5.74) is 1.49. The molecule has 0 amide bonds. The highest BCUT2D eigenvalue weighted by molar-refractivity contribution is 6.31. The van der Waals surface area contributed by atoms with Crippen LogP contribution in [0.15, 0.2) is 63.8 Å². The molecule has 0 fully saturated rings. The highest BCUT2D eigenvalue weighted by atomic mass is 35.5. The second kappa shape index (κ2) is 5.35. The average molecular weight is 283 g/mol. The van der Waals surface area contributed by atoms with Gasteiger partial charge >= 0.3 is 0 Å².